The third-order valence-corrected chi connectivity index (χ3v) is 6.34. The van der Waals surface area contributed by atoms with Crippen molar-refractivity contribution in [1.29, 1.82) is 0 Å². The molecule has 0 fully saturated rings. The summed E-state index contributed by atoms with van der Waals surface area (Å²) in [6.07, 6.45) is 1.32. The summed E-state index contributed by atoms with van der Waals surface area (Å²) in [7, 11) is 1.65. The number of primary amides is 1. The maximum absolute atomic E-state index is 12.9. The Morgan fingerprint density at radius 2 is 2.19 bits per heavy atom. The zero-order valence-electron chi connectivity index (χ0n) is 16.2. The molecule has 8 heteroatoms. The molecule has 7 nitrogen and oxygen atoms in total. The summed E-state index contributed by atoms with van der Waals surface area (Å²) >= 11 is 1.61. The Morgan fingerprint density at radius 3 is 2.78 bits per heavy atom. The Hall–Kier alpha value is -2.19. The fourth-order valence-electron chi connectivity index (χ4n) is 3.64. The standard InChI is InChI=1S/C19H26N4O3S/c1-5-16(18(20)24)22(4)19(25)15-10-27-17-9-23(7-6-13(15)17)8-14-11(2)21-26-12(14)3/h10,16H,5-9H2,1-4H3,(H2,20,24). The second kappa shape index (κ2) is 7.82. The van der Waals surface area contributed by atoms with Gasteiger partial charge in [-0.05, 0) is 32.3 Å². The van der Waals surface area contributed by atoms with Gasteiger partial charge in [-0.25, -0.2) is 0 Å². The van der Waals surface area contributed by atoms with Gasteiger partial charge in [0.05, 0.1) is 11.3 Å². The van der Waals surface area contributed by atoms with Gasteiger partial charge in [0.1, 0.15) is 11.8 Å². The number of fused-ring (bicyclic) bond motifs is 1. The van der Waals surface area contributed by atoms with Crippen LogP contribution in [0.3, 0.4) is 0 Å². The zero-order valence-corrected chi connectivity index (χ0v) is 17.1. The van der Waals surface area contributed by atoms with Crippen LogP contribution in [0.5, 0.6) is 0 Å². The fraction of sp³-hybridized carbons (Fsp3) is 0.526. The summed E-state index contributed by atoms with van der Waals surface area (Å²) < 4.78 is 5.26. The lowest BCUT2D eigenvalue weighted by Gasteiger charge is -2.28. The van der Waals surface area contributed by atoms with Gasteiger partial charge in [-0.3, -0.25) is 14.5 Å². The summed E-state index contributed by atoms with van der Waals surface area (Å²) in [4.78, 5) is 29.5. The minimum atomic E-state index is -0.576. The predicted octanol–water partition coefficient (Wildman–Crippen LogP) is 2.25. The highest BCUT2D eigenvalue weighted by atomic mass is 32.1. The van der Waals surface area contributed by atoms with Gasteiger partial charge in [0.25, 0.3) is 5.91 Å². The van der Waals surface area contributed by atoms with Gasteiger partial charge in [0, 0.05) is 42.5 Å². The van der Waals surface area contributed by atoms with Crippen LogP contribution in [0.1, 0.15) is 51.2 Å². The van der Waals surface area contributed by atoms with Gasteiger partial charge in [0.15, 0.2) is 0 Å². The Labute approximate surface area is 163 Å². The molecule has 0 radical (unpaired) electrons. The lowest BCUT2D eigenvalue weighted by molar-refractivity contribution is -0.122. The van der Waals surface area contributed by atoms with Crippen molar-refractivity contribution in [1.82, 2.24) is 15.0 Å². The minimum Gasteiger partial charge on any atom is -0.368 e. The van der Waals surface area contributed by atoms with Crippen molar-refractivity contribution in [3.63, 3.8) is 0 Å². The molecule has 0 saturated heterocycles. The molecule has 27 heavy (non-hydrogen) atoms. The SMILES string of the molecule is CCC(C(N)=O)N(C)C(=O)c1csc2c1CCN(Cc1c(C)noc1C)C2. The number of carbonyl (C=O) groups is 2. The van der Waals surface area contributed by atoms with E-state index in [0.29, 0.717) is 12.0 Å². The van der Waals surface area contributed by atoms with E-state index in [1.807, 2.05) is 26.2 Å². The van der Waals surface area contributed by atoms with E-state index in [1.54, 1.807) is 18.4 Å². The highest BCUT2D eigenvalue weighted by Gasteiger charge is 2.29. The number of amides is 2. The first kappa shape index (κ1) is 19.6. The molecule has 3 rings (SSSR count). The first-order valence-corrected chi connectivity index (χ1v) is 10.0. The van der Waals surface area contributed by atoms with Gasteiger partial charge >= 0.3 is 0 Å². The first-order chi connectivity index (χ1) is 12.8. The van der Waals surface area contributed by atoms with Crippen molar-refractivity contribution in [2.24, 2.45) is 5.73 Å². The molecule has 0 aliphatic carbocycles. The zero-order chi connectivity index (χ0) is 19.7. The average molecular weight is 391 g/mol. The van der Waals surface area contributed by atoms with Crippen LogP contribution in [-0.2, 0) is 24.3 Å². The van der Waals surface area contributed by atoms with E-state index in [4.69, 9.17) is 10.3 Å². The Kier molecular flexibility index (Phi) is 5.67. The van der Waals surface area contributed by atoms with Crippen molar-refractivity contribution >= 4 is 23.2 Å². The lowest BCUT2D eigenvalue weighted by Crippen LogP contribution is -2.45. The summed E-state index contributed by atoms with van der Waals surface area (Å²) in [5.74, 6) is 0.263. The predicted molar refractivity (Wildman–Crippen MR) is 103 cm³/mol. The Bertz CT molecular complexity index is 838. The summed E-state index contributed by atoms with van der Waals surface area (Å²) in [5, 5.41) is 5.94. The molecule has 1 aliphatic rings. The number of nitrogens with two attached hydrogens (primary N) is 1. The first-order valence-electron chi connectivity index (χ1n) is 9.13. The quantitative estimate of drug-likeness (QED) is 0.817. The molecule has 0 spiro atoms. The average Bonchev–Trinajstić information content (AvgIpc) is 3.19. The largest absolute Gasteiger partial charge is 0.368 e. The number of hydrogen-bond acceptors (Lipinski definition) is 6. The molecule has 0 bridgehead atoms. The van der Waals surface area contributed by atoms with E-state index < -0.39 is 11.9 Å². The monoisotopic (exact) mass is 390 g/mol. The van der Waals surface area contributed by atoms with Crippen molar-refractivity contribution in [2.75, 3.05) is 13.6 Å². The van der Waals surface area contributed by atoms with E-state index >= 15 is 0 Å². The number of aryl methyl sites for hydroxylation is 2. The summed E-state index contributed by atoms with van der Waals surface area (Å²) in [6.45, 7) is 8.21. The number of nitrogens with zero attached hydrogens (tertiary/aromatic N) is 3. The number of aromatic nitrogens is 1. The smallest absolute Gasteiger partial charge is 0.255 e. The third kappa shape index (κ3) is 3.77. The molecule has 0 saturated carbocycles. The van der Waals surface area contributed by atoms with Crippen LogP contribution in [0, 0.1) is 13.8 Å². The third-order valence-electron chi connectivity index (χ3n) is 5.32. The molecule has 2 aromatic rings. The number of rotatable bonds is 6. The Morgan fingerprint density at radius 1 is 1.44 bits per heavy atom. The molecule has 1 aliphatic heterocycles. The number of likely N-dealkylation sites (N-methyl/N-ethyl adjacent to an activating group) is 1. The Balaban J connectivity index is 1.75. The van der Waals surface area contributed by atoms with Gasteiger partial charge in [-0.15, -0.1) is 11.3 Å². The normalized spacial score (nSPS) is 15.4. The molecule has 1 atom stereocenters. The molecule has 2 amide bonds. The van der Waals surface area contributed by atoms with Crippen molar-refractivity contribution in [2.45, 2.75) is 52.7 Å². The van der Waals surface area contributed by atoms with Gasteiger partial charge in [0.2, 0.25) is 5.91 Å². The second-order valence-electron chi connectivity index (χ2n) is 7.06. The van der Waals surface area contributed by atoms with Crippen LogP contribution >= 0.6 is 11.3 Å². The second-order valence-corrected chi connectivity index (χ2v) is 8.02. The van der Waals surface area contributed by atoms with E-state index in [0.717, 1.165) is 48.6 Å². The highest BCUT2D eigenvalue weighted by molar-refractivity contribution is 7.10. The van der Waals surface area contributed by atoms with Crippen LogP contribution in [0.25, 0.3) is 0 Å². The van der Waals surface area contributed by atoms with Crippen LogP contribution in [0.15, 0.2) is 9.90 Å². The number of carbonyl (C=O) groups excluding carboxylic acids is 2. The fourth-order valence-corrected chi connectivity index (χ4v) is 4.76. The highest BCUT2D eigenvalue weighted by Crippen LogP contribution is 2.31. The minimum absolute atomic E-state index is 0.127. The van der Waals surface area contributed by atoms with E-state index in [9.17, 15) is 9.59 Å². The molecule has 0 aromatic carbocycles. The maximum atomic E-state index is 12.9. The molecular weight excluding hydrogens is 364 g/mol. The molecule has 3 heterocycles. The van der Waals surface area contributed by atoms with Crippen LogP contribution in [0.4, 0.5) is 0 Å². The van der Waals surface area contributed by atoms with Crippen LogP contribution < -0.4 is 5.73 Å². The molecular formula is C19H26N4O3S. The summed E-state index contributed by atoms with van der Waals surface area (Å²) in [6, 6.07) is -0.576. The molecule has 1 unspecified atom stereocenters. The molecule has 2 N–H and O–H groups in total. The van der Waals surface area contributed by atoms with Crippen molar-refractivity contribution in [3.8, 4) is 0 Å². The molecule has 146 valence electrons. The van der Waals surface area contributed by atoms with E-state index in [-0.39, 0.29) is 5.91 Å². The van der Waals surface area contributed by atoms with Crippen LogP contribution in [0.2, 0.25) is 0 Å². The maximum Gasteiger partial charge on any atom is 0.255 e. The van der Waals surface area contributed by atoms with Gasteiger partial charge in [-0.1, -0.05) is 12.1 Å². The lowest BCUT2D eigenvalue weighted by atomic mass is 10.0. The van der Waals surface area contributed by atoms with E-state index in [1.165, 1.54) is 9.78 Å². The van der Waals surface area contributed by atoms with E-state index in [2.05, 4.69) is 10.1 Å². The number of hydrogen-bond donors (Lipinski definition) is 1. The molecule has 2 aromatic heterocycles. The van der Waals surface area contributed by atoms with Crippen molar-refractivity contribution < 1.29 is 14.1 Å². The van der Waals surface area contributed by atoms with Gasteiger partial charge < -0.3 is 15.2 Å². The number of thiophene rings is 1. The summed E-state index contributed by atoms with van der Waals surface area (Å²) in [5.41, 5.74) is 9.31. The van der Waals surface area contributed by atoms with Gasteiger partial charge in [-0.2, -0.15) is 0 Å². The topological polar surface area (TPSA) is 92.7 Å². The van der Waals surface area contributed by atoms with Crippen LogP contribution in [-0.4, -0.2) is 46.4 Å². The van der Waals surface area contributed by atoms with Crippen molar-refractivity contribution in [3.05, 3.63) is 38.4 Å².